The van der Waals surface area contributed by atoms with Gasteiger partial charge in [0.2, 0.25) is 0 Å². The highest BCUT2D eigenvalue weighted by atomic mass is 79.9. The number of nitrogens with two attached hydrogens (primary N) is 1. The normalized spacial score (nSPS) is 20.4. The zero-order chi connectivity index (χ0) is 15.5. The summed E-state index contributed by atoms with van der Waals surface area (Å²) in [6.07, 6.45) is 5.11. The summed E-state index contributed by atoms with van der Waals surface area (Å²) < 4.78 is 1.10. The smallest absolute Gasteiger partial charge is 0.0482 e. The Bertz CT molecular complexity index is 464. The Morgan fingerprint density at radius 1 is 1.29 bits per heavy atom. The van der Waals surface area contributed by atoms with Gasteiger partial charge in [0.25, 0.3) is 0 Å². The number of nitrogens with zero attached hydrogens (tertiary/aromatic N) is 1. The third-order valence-electron chi connectivity index (χ3n) is 5.34. The summed E-state index contributed by atoms with van der Waals surface area (Å²) in [6, 6.07) is 6.24. The third kappa shape index (κ3) is 3.82. The molecule has 0 saturated carbocycles. The second-order valence-corrected chi connectivity index (χ2v) is 7.45. The van der Waals surface area contributed by atoms with Crippen LogP contribution in [-0.2, 0) is 0 Å². The van der Waals surface area contributed by atoms with Crippen molar-refractivity contribution in [3.63, 3.8) is 0 Å². The lowest BCUT2D eigenvalue weighted by atomic mass is 9.74. The summed E-state index contributed by atoms with van der Waals surface area (Å²) in [5.74, 6) is 0. The van der Waals surface area contributed by atoms with Crippen LogP contribution in [0.3, 0.4) is 0 Å². The molecule has 1 aliphatic rings. The Labute approximate surface area is 142 Å². The topological polar surface area (TPSA) is 29.3 Å². The van der Waals surface area contributed by atoms with Gasteiger partial charge in [0, 0.05) is 22.1 Å². The quantitative estimate of drug-likeness (QED) is 0.786. The number of likely N-dealkylation sites (tertiary alicyclic amines) is 1. The minimum absolute atomic E-state index is 0.254. The molecular weight excluding hydrogens is 348 g/mol. The molecule has 2 nitrogen and oxygen atoms in total. The highest BCUT2D eigenvalue weighted by Gasteiger charge is 2.34. The minimum Gasteiger partial charge on any atom is -0.329 e. The summed E-state index contributed by atoms with van der Waals surface area (Å²) in [7, 11) is 0. The fourth-order valence-corrected chi connectivity index (χ4v) is 4.20. The van der Waals surface area contributed by atoms with E-state index >= 15 is 0 Å². The molecule has 1 aromatic rings. The molecule has 1 fully saturated rings. The fraction of sp³-hybridized carbons (Fsp3) is 0.647. The van der Waals surface area contributed by atoms with E-state index in [2.05, 4.69) is 34.7 Å². The molecule has 0 bridgehead atoms. The van der Waals surface area contributed by atoms with Gasteiger partial charge in [-0.2, -0.15) is 0 Å². The summed E-state index contributed by atoms with van der Waals surface area (Å²) in [4.78, 5) is 2.53. The number of rotatable bonds is 5. The van der Waals surface area contributed by atoms with Crippen LogP contribution in [0.5, 0.6) is 0 Å². The maximum atomic E-state index is 6.17. The van der Waals surface area contributed by atoms with Gasteiger partial charge >= 0.3 is 0 Å². The fourth-order valence-electron chi connectivity index (χ4n) is 3.51. The standard InChI is InChI=1S/C17H26BrClN2/c1-3-17(4-2)7-9-21(10-8-17)16(12-20)14-11-13(19)5-6-15(14)18/h5-6,11,16H,3-4,7-10,12,20H2,1-2H3. The zero-order valence-electron chi connectivity index (χ0n) is 13.0. The van der Waals surface area contributed by atoms with Gasteiger partial charge in [0.1, 0.15) is 0 Å². The maximum Gasteiger partial charge on any atom is 0.0482 e. The number of hydrogen-bond acceptors (Lipinski definition) is 2. The second kappa shape index (κ2) is 7.45. The van der Waals surface area contributed by atoms with E-state index in [-0.39, 0.29) is 6.04 Å². The average Bonchev–Trinajstić information content (AvgIpc) is 2.52. The Kier molecular flexibility index (Phi) is 6.13. The Morgan fingerprint density at radius 2 is 1.90 bits per heavy atom. The summed E-state index contributed by atoms with van der Waals surface area (Å²) in [5, 5.41) is 0.778. The van der Waals surface area contributed by atoms with E-state index in [1.807, 2.05) is 18.2 Å². The molecule has 118 valence electrons. The molecule has 4 heteroatoms. The van der Waals surface area contributed by atoms with Crippen LogP contribution in [0.2, 0.25) is 5.02 Å². The zero-order valence-corrected chi connectivity index (χ0v) is 15.4. The van der Waals surface area contributed by atoms with Crippen LogP contribution >= 0.6 is 27.5 Å². The van der Waals surface area contributed by atoms with Crippen molar-refractivity contribution >= 4 is 27.5 Å². The molecule has 2 N–H and O–H groups in total. The predicted octanol–water partition coefficient (Wildman–Crippen LogP) is 5.00. The van der Waals surface area contributed by atoms with Crippen molar-refractivity contribution in [3.05, 3.63) is 33.3 Å². The van der Waals surface area contributed by atoms with Crippen molar-refractivity contribution in [2.45, 2.75) is 45.6 Å². The van der Waals surface area contributed by atoms with Crippen molar-refractivity contribution in [2.24, 2.45) is 11.1 Å². The number of halogens is 2. The summed E-state index contributed by atoms with van der Waals surface area (Å²) in [6.45, 7) is 7.54. The predicted molar refractivity (Wildman–Crippen MR) is 94.8 cm³/mol. The van der Waals surface area contributed by atoms with Crippen LogP contribution < -0.4 is 5.73 Å². The van der Waals surface area contributed by atoms with Crippen LogP contribution in [0.1, 0.15) is 51.1 Å². The van der Waals surface area contributed by atoms with Crippen molar-refractivity contribution < 1.29 is 0 Å². The molecule has 1 unspecified atom stereocenters. The van der Waals surface area contributed by atoms with Crippen LogP contribution in [-0.4, -0.2) is 24.5 Å². The van der Waals surface area contributed by atoms with E-state index in [1.165, 1.54) is 31.2 Å². The van der Waals surface area contributed by atoms with Crippen molar-refractivity contribution in [2.75, 3.05) is 19.6 Å². The van der Waals surface area contributed by atoms with Gasteiger partial charge in [-0.3, -0.25) is 4.90 Å². The first kappa shape index (κ1) is 17.3. The van der Waals surface area contributed by atoms with E-state index < -0.39 is 0 Å². The SMILES string of the molecule is CCC1(CC)CCN(C(CN)c2cc(Cl)ccc2Br)CC1. The van der Waals surface area contributed by atoms with E-state index in [9.17, 15) is 0 Å². The minimum atomic E-state index is 0.254. The van der Waals surface area contributed by atoms with Gasteiger partial charge in [-0.1, -0.05) is 54.2 Å². The molecule has 1 atom stereocenters. The third-order valence-corrected chi connectivity index (χ3v) is 6.30. The summed E-state index contributed by atoms with van der Waals surface area (Å²) in [5.41, 5.74) is 7.84. The Hall–Kier alpha value is -0.0900. The van der Waals surface area contributed by atoms with E-state index in [4.69, 9.17) is 17.3 Å². The second-order valence-electron chi connectivity index (χ2n) is 6.16. The van der Waals surface area contributed by atoms with Gasteiger partial charge in [0.15, 0.2) is 0 Å². The molecule has 0 radical (unpaired) electrons. The van der Waals surface area contributed by atoms with Gasteiger partial charge < -0.3 is 5.73 Å². The molecule has 1 saturated heterocycles. The molecule has 0 aromatic heterocycles. The number of hydrogen-bond donors (Lipinski definition) is 1. The molecule has 0 spiro atoms. The Morgan fingerprint density at radius 3 is 2.43 bits per heavy atom. The van der Waals surface area contributed by atoms with Crippen LogP contribution in [0.4, 0.5) is 0 Å². The van der Waals surface area contributed by atoms with E-state index in [1.54, 1.807) is 0 Å². The van der Waals surface area contributed by atoms with Crippen molar-refractivity contribution in [1.82, 2.24) is 4.90 Å². The molecule has 2 rings (SSSR count). The van der Waals surface area contributed by atoms with Crippen LogP contribution in [0.25, 0.3) is 0 Å². The van der Waals surface area contributed by atoms with Crippen molar-refractivity contribution in [1.29, 1.82) is 0 Å². The lowest BCUT2D eigenvalue weighted by Crippen LogP contribution is -2.43. The van der Waals surface area contributed by atoms with Gasteiger partial charge in [-0.25, -0.2) is 0 Å². The lowest BCUT2D eigenvalue weighted by molar-refractivity contribution is 0.0678. The largest absolute Gasteiger partial charge is 0.329 e. The van der Waals surface area contributed by atoms with E-state index in [0.717, 1.165) is 22.6 Å². The van der Waals surface area contributed by atoms with Crippen molar-refractivity contribution in [3.8, 4) is 0 Å². The van der Waals surface area contributed by atoms with Gasteiger partial charge in [-0.05, 0) is 55.1 Å². The first-order chi connectivity index (χ1) is 10.0. The maximum absolute atomic E-state index is 6.17. The summed E-state index contributed by atoms with van der Waals surface area (Å²) >= 11 is 9.81. The average molecular weight is 374 g/mol. The molecular formula is C17H26BrClN2. The van der Waals surface area contributed by atoms with Crippen LogP contribution in [0.15, 0.2) is 22.7 Å². The first-order valence-electron chi connectivity index (χ1n) is 7.94. The van der Waals surface area contributed by atoms with Gasteiger partial charge in [-0.15, -0.1) is 0 Å². The Balaban J connectivity index is 2.15. The molecule has 1 aromatic carbocycles. The molecule has 21 heavy (non-hydrogen) atoms. The molecule has 0 amide bonds. The molecule has 0 aliphatic carbocycles. The highest BCUT2D eigenvalue weighted by Crippen LogP contribution is 2.40. The number of benzene rings is 1. The monoisotopic (exact) mass is 372 g/mol. The highest BCUT2D eigenvalue weighted by molar-refractivity contribution is 9.10. The van der Waals surface area contributed by atoms with Crippen LogP contribution in [0, 0.1) is 5.41 Å². The van der Waals surface area contributed by atoms with E-state index in [0.29, 0.717) is 12.0 Å². The van der Waals surface area contributed by atoms with Gasteiger partial charge in [0.05, 0.1) is 0 Å². The lowest BCUT2D eigenvalue weighted by Gasteiger charge is -2.44. The molecule has 1 heterocycles. The molecule has 1 aliphatic heterocycles. The number of piperidine rings is 1. The first-order valence-corrected chi connectivity index (χ1v) is 9.11.